The Balaban J connectivity index is 1.29. The highest BCUT2D eigenvalue weighted by Gasteiger charge is 2.25. The molecule has 0 saturated carbocycles. The number of hydrogen-bond acceptors (Lipinski definition) is 10. The SMILES string of the molecule is Cc1cc(-c2nc(C(=O)Nc3cc4sc(N5CCOCC5)nc4nc3N3CCC3)co2)ccn1. The molecule has 2 fully saturated rings. The number of carbonyl (C=O) groups excluding carboxylic acids is 1. The highest BCUT2D eigenvalue weighted by molar-refractivity contribution is 7.22. The van der Waals surface area contributed by atoms with E-state index < -0.39 is 0 Å². The first-order valence-corrected chi connectivity index (χ1v) is 12.0. The summed E-state index contributed by atoms with van der Waals surface area (Å²) < 4.78 is 11.9. The van der Waals surface area contributed by atoms with E-state index in [1.165, 1.54) is 6.26 Å². The maximum atomic E-state index is 13.1. The predicted molar refractivity (Wildman–Crippen MR) is 130 cm³/mol. The summed E-state index contributed by atoms with van der Waals surface area (Å²) in [4.78, 5) is 35.6. The van der Waals surface area contributed by atoms with Crippen molar-refractivity contribution in [2.24, 2.45) is 0 Å². The molecular formula is C23H23N7O3S. The number of carbonyl (C=O) groups is 1. The molecule has 0 bridgehead atoms. The minimum atomic E-state index is -0.346. The number of pyridine rings is 2. The number of oxazole rings is 1. The third-order valence-corrected chi connectivity index (χ3v) is 6.97. The molecule has 10 nitrogen and oxygen atoms in total. The highest BCUT2D eigenvalue weighted by Crippen LogP contribution is 2.36. The average molecular weight is 478 g/mol. The number of amides is 1. The fraction of sp³-hybridized carbons (Fsp3) is 0.348. The van der Waals surface area contributed by atoms with Gasteiger partial charge >= 0.3 is 0 Å². The molecule has 0 aromatic carbocycles. The fourth-order valence-electron chi connectivity index (χ4n) is 3.97. The summed E-state index contributed by atoms with van der Waals surface area (Å²) >= 11 is 1.58. The summed E-state index contributed by atoms with van der Waals surface area (Å²) in [6, 6.07) is 5.63. The number of ether oxygens (including phenoxy) is 1. The molecule has 2 saturated heterocycles. The van der Waals surface area contributed by atoms with Crippen molar-refractivity contribution in [1.29, 1.82) is 0 Å². The fourth-order valence-corrected chi connectivity index (χ4v) is 4.97. The molecule has 2 aliphatic rings. The Morgan fingerprint density at radius 1 is 1.09 bits per heavy atom. The number of thiazole rings is 1. The van der Waals surface area contributed by atoms with E-state index in [0.717, 1.165) is 59.5 Å². The normalized spacial score (nSPS) is 16.0. The maximum Gasteiger partial charge on any atom is 0.277 e. The number of nitrogens with one attached hydrogen (secondary N) is 1. The van der Waals surface area contributed by atoms with Crippen molar-refractivity contribution in [3.63, 3.8) is 0 Å². The average Bonchev–Trinajstić information content (AvgIpc) is 3.46. The lowest BCUT2D eigenvalue weighted by atomic mass is 10.2. The molecule has 11 heteroatoms. The van der Waals surface area contributed by atoms with E-state index in [1.54, 1.807) is 23.6 Å². The third kappa shape index (κ3) is 3.97. The Bertz CT molecular complexity index is 1360. The molecular weight excluding hydrogens is 454 g/mol. The van der Waals surface area contributed by atoms with E-state index >= 15 is 0 Å². The molecule has 0 atom stereocenters. The molecule has 34 heavy (non-hydrogen) atoms. The van der Waals surface area contributed by atoms with Gasteiger partial charge in [-0.3, -0.25) is 9.78 Å². The minimum Gasteiger partial charge on any atom is -0.444 e. The number of rotatable bonds is 5. The number of morpholine rings is 1. The number of aryl methyl sites for hydroxylation is 1. The van der Waals surface area contributed by atoms with Crippen LogP contribution in [0.15, 0.2) is 35.1 Å². The first kappa shape index (κ1) is 21.0. The van der Waals surface area contributed by atoms with Crippen molar-refractivity contribution in [2.45, 2.75) is 13.3 Å². The van der Waals surface area contributed by atoms with E-state index in [0.29, 0.717) is 30.4 Å². The smallest absolute Gasteiger partial charge is 0.277 e. The van der Waals surface area contributed by atoms with Gasteiger partial charge < -0.3 is 24.3 Å². The molecule has 6 rings (SSSR count). The quantitative estimate of drug-likeness (QED) is 0.463. The zero-order valence-corrected chi connectivity index (χ0v) is 19.5. The Morgan fingerprint density at radius 3 is 2.71 bits per heavy atom. The number of nitrogens with zero attached hydrogens (tertiary/aromatic N) is 6. The first-order valence-electron chi connectivity index (χ1n) is 11.2. The van der Waals surface area contributed by atoms with Gasteiger partial charge in [-0.15, -0.1) is 0 Å². The van der Waals surface area contributed by atoms with Crippen molar-refractivity contribution in [3.05, 3.63) is 42.0 Å². The minimum absolute atomic E-state index is 0.206. The van der Waals surface area contributed by atoms with Gasteiger partial charge in [0.1, 0.15) is 6.26 Å². The summed E-state index contributed by atoms with van der Waals surface area (Å²) in [5.74, 6) is 0.769. The molecule has 0 aliphatic carbocycles. The Labute approximate surface area is 199 Å². The van der Waals surface area contributed by atoms with Crippen LogP contribution in [0, 0.1) is 6.92 Å². The largest absolute Gasteiger partial charge is 0.444 e. The molecule has 2 aliphatic heterocycles. The van der Waals surface area contributed by atoms with Crippen molar-refractivity contribution in [1.82, 2.24) is 19.9 Å². The molecule has 4 aromatic heterocycles. The molecule has 1 amide bonds. The van der Waals surface area contributed by atoms with Crippen LogP contribution in [0.3, 0.4) is 0 Å². The molecule has 4 aromatic rings. The zero-order valence-electron chi connectivity index (χ0n) is 18.7. The number of fused-ring (bicyclic) bond motifs is 1. The van der Waals surface area contributed by atoms with Gasteiger partial charge in [-0.25, -0.2) is 9.97 Å². The maximum absolute atomic E-state index is 13.1. The van der Waals surface area contributed by atoms with Crippen LogP contribution < -0.4 is 15.1 Å². The van der Waals surface area contributed by atoms with Crippen LogP contribution in [0.4, 0.5) is 16.6 Å². The van der Waals surface area contributed by atoms with Gasteiger partial charge in [0.05, 0.1) is 23.6 Å². The highest BCUT2D eigenvalue weighted by atomic mass is 32.1. The second kappa shape index (κ2) is 8.65. The van der Waals surface area contributed by atoms with Crippen LogP contribution in [0.1, 0.15) is 22.6 Å². The summed E-state index contributed by atoms with van der Waals surface area (Å²) in [7, 11) is 0. The zero-order chi connectivity index (χ0) is 23.1. The molecule has 0 unspecified atom stereocenters. The number of hydrogen-bond donors (Lipinski definition) is 1. The Kier molecular flexibility index (Phi) is 5.34. The Morgan fingerprint density at radius 2 is 1.94 bits per heavy atom. The molecule has 1 N–H and O–H groups in total. The second-order valence-corrected chi connectivity index (χ2v) is 9.30. The topological polar surface area (TPSA) is 110 Å². The van der Waals surface area contributed by atoms with Crippen LogP contribution >= 0.6 is 11.3 Å². The van der Waals surface area contributed by atoms with Crippen LogP contribution in [-0.4, -0.2) is 65.2 Å². The van der Waals surface area contributed by atoms with Gasteiger partial charge in [0.2, 0.25) is 5.89 Å². The van der Waals surface area contributed by atoms with E-state index in [4.69, 9.17) is 19.1 Å². The third-order valence-electron chi connectivity index (χ3n) is 5.92. The van der Waals surface area contributed by atoms with Gasteiger partial charge in [0, 0.05) is 43.6 Å². The summed E-state index contributed by atoms with van der Waals surface area (Å²) in [5.41, 5.74) is 3.18. The van der Waals surface area contributed by atoms with E-state index in [-0.39, 0.29) is 11.6 Å². The van der Waals surface area contributed by atoms with E-state index in [2.05, 4.69) is 25.1 Å². The van der Waals surface area contributed by atoms with Gasteiger partial charge in [-0.2, -0.15) is 4.98 Å². The number of anilines is 3. The molecule has 0 radical (unpaired) electrons. The molecule has 0 spiro atoms. The second-order valence-electron chi connectivity index (χ2n) is 8.30. The Hall–Kier alpha value is -3.57. The lowest BCUT2D eigenvalue weighted by molar-refractivity contribution is 0.102. The van der Waals surface area contributed by atoms with Crippen LogP contribution in [-0.2, 0) is 4.74 Å². The summed E-state index contributed by atoms with van der Waals surface area (Å²) in [6.07, 6.45) is 4.16. The lowest BCUT2D eigenvalue weighted by Crippen LogP contribution is -2.38. The van der Waals surface area contributed by atoms with Crippen molar-refractivity contribution in [3.8, 4) is 11.5 Å². The molecule has 174 valence electrons. The summed E-state index contributed by atoms with van der Waals surface area (Å²) in [6.45, 7) is 6.71. The first-order chi connectivity index (χ1) is 16.6. The van der Waals surface area contributed by atoms with Crippen LogP contribution in [0.5, 0.6) is 0 Å². The number of aromatic nitrogens is 4. The van der Waals surface area contributed by atoms with Gasteiger partial charge in [-0.05, 0) is 31.5 Å². The summed E-state index contributed by atoms with van der Waals surface area (Å²) in [5, 5.41) is 3.93. The van der Waals surface area contributed by atoms with Crippen LogP contribution in [0.2, 0.25) is 0 Å². The van der Waals surface area contributed by atoms with Crippen LogP contribution in [0.25, 0.3) is 21.8 Å². The monoisotopic (exact) mass is 477 g/mol. The van der Waals surface area contributed by atoms with Gasteiger partial charge in [0.15, 0.2) is 22.3 Å². The van der Waals surface area contributed by atoms with Crippen molar-refractivity contribution < 1.29 is 13.9 Å². The van der Waals surface area contributed by atoms with Crippen molar-refractivity contribution in [2.75, 3.05) is 54.5 Å². The molecule has 6 heterocycles. The van der Waals surface area contributed by atoms with E-state index in [9.17, 15) is 4.79 Å². The standard InChI is InChI=1S/C23H23N7O3S/c1-14-11-15(3-4-24-14)22-26-17(13-33-22)21(31)25-16-12-18-19(27-20(16)29-5-2-6-29)28-23(34-18)30-7-9-32-10-8-30/h3-4,11-13H,2,5-10H2,1H3,(H,25,31). The van der Waals surface area contributed by atoms with Gasteiger partial charge in [-0.1, -0.05) is 11.3 Å². The predicted octanol–water partition coefficient (Wildman–Crippen LogP) is 3.35. The van der Waals surface area contributed by atoms with E-state index in [1.807, 2.05) is 19.1 Å². The van der Waals surface area contributed by atoms with Crippen molar-refractivity contribution >= 4 is 44.2 Å². The van der Waals surface area contributed by atoms with Gasteiger partial charge in [0.25, 0.3) is 5.91 Å². The lowest BCUT2D eigenvalue weighted by Gasteiger charge is -2.33.